The predicted molar refractivity (Wildman–Crippen MR) is 139 cm³/mol. The average molecular weight is 545 g/mol. The van der Waals surface area contributed by atoms with E-state index < -0.39 is 11.9 Å². The number of thioether (sulfide) groups is 1. The molecule has 194 valence electrons. The molecule has 1 amide bonds. The second kappa shape index (κ2) is 12.9. The van der Waals surface area contributed by atoms with Crippen molar-refractivity contribution in [3.63, 3.8) is 0 Å². The van der Waals surface area contributed by atoms with Gasteiger partial charge in [-0.2, -0.15) is 0 Å². The molecule has 0 aliphatic rings. The summed E-state index contributed by atoms with van der Waals surface area (Å²) >= 11 is 7.17. The first kappa shape index (κ1) is 27.8. The Bertz CT molecular complexity index is 1290. The molecule has 0 fully saturated rings. The highest BCUT2D eigenvalue weighted by atomic mass is 35.5. The first-order valence-electron chi connectivity index (χ1n) is 10.9. The van der Waals surface area contributed by atoms with Crippen LogP contribution in [0.1, 0.15) is 32.1 Å². The van der Waals surface area contributed by atoms with Gasteiger partial charge >= 0.3 is 11.9 Å². The first-order valence-corrected chi connectivity index (χ1v) is 12.3. The van der Waals surface area contributed by atoms with Gasteiger partial charge in [0.1, 0.15) is 12.4 Å². The maximum Gasteiger partial charge on any atom is 0.337 e. The van der Waals surface area contributed by atoms with Crippen molar-refractivity contribution in [3.8, 4) is 5.75 Å². The number of ether oxygens (including phenoxy) is 3. The number of esters is 2. The van der Waals surface area contributed by atoms with Crippen LogP contribution in [0.15, 0.2) is 54.2 Å². The lowest BCUT2D eigenvalue weighted by Gasteiger charge is -2.11. The quantitative estimate of drug-likeness (QED) is 0.214. The molecule has 3 aromatic rings. The summed E-state index contributed by atoms with van der Waals surface area (Å²) in [5, 5.41) is 12.2. The van der Waals surface area contributed by atoms with E-state index in [2.05, 4.69) is 22.1 Å². The van der Waals surface area contributed by atoms with Crippen LogP contribution in [0.2, 0.25) is 5.02 Å². The Kier molecular flexibility index (Phi) is 9.70. The number of hydrogen-bond acceptors (Lipinski definition) is 9. The lowest BCUT2D eigenvalue weighted by molar-refractivity contribution is -0.113. The van der Waals surface area contributed by atoms with Crippen LogP contribution in [-0.4, -0.2) is 52.6 Å². The van der Waals surface area contributed by atoms with Crippen molar-refractivity contribution in [2.24, 2.45) is 0 Å². The SMILES string of the molecule is C=CCn1c(COc2ccc(Cl)cc2C)nnc1SCC(=O)Nc1cc(C(=O)OC)cc(C(=O)OC)c1. The number of anilines is 1. The lowest BCUT2D eigenvalue weighted by Crippen LogP contribution is -2.16. The molecule has 0 unspecified atom stereocenters. The molecule has 0 spiro atoms. The lowest BCUT2D eigenvalue weighted by atomic mass is 10.1. The van der Waals surface area contributed by atoms with Crippen LogP contribution in [-0.2, 0) is 27.4 Å². The summed E-state index contributed by atoms with van der Waals surface area (Å²) in [4.78, 5) is 36.6. The molecule has 0 aliphatic heterocycles. The van der Waals surface area contributed by atoms with Crippen molar-refractivity contribution in [1.82, 2.24) is 14.8 Å². The standard InChI is InChI=1S/C25H25ClN4O6S/c1-5-8-30-21(13-36-20-7-6-18(26)9-15(20)2)28-29-25(30)37-14-22(31)27-19-11-16(23(32)34-3)10-17(12-19)24(33)35-4/h5-7,9-12H,1,8,13-14H2,2-4H3,(H,27,31). The Morgan fingerprint density at radius 2 is 1.76 bits per heavy atom. The van der Waals surface area contributed by atoms with Gasteiger partial charge in [-0.3, -0.25) is 9.36 Å². The molecule has 37 heavy (non-hydrogen) atoms. The van der Waals surface area contributed by atoms with Gasteiger partial charge in [0.15, 0.2) is 11.0 Å². The third-order valence-corrected chi connectivity index (χ3v) is 6.19. The molecule has 2 aromatic carbocycles. The monoisotopic (exact) mass is 544 g/mol. The Labute approximate surface area is 222 Å². The second-order valence-electron chi connectivity index (χ2n) is 7.62. The molecule has 1 N–H and O–H groups in total. The summed E-state index contributed by atoms with van der Waals surface area (Å²) in [5.41, 5.74) is 1.33. The van der Waals surface area contributed by atoms with E-state index >= 15 is 0 Å². The highest BCUT2D eigenvalue weighted by Gasteiger charge is 2.17. The molecule has 3 rings (SSSR count). The van der Waals surface area contributed by atoms with E-state index in [1.54, 1.807) is 28.8 Å². The summed E-state index contributed by atoms with van der Waals surface area (Å²) in [6.45, 7) is 6.24. The van der Waals surface area contributed by atoms with E-state index in [-0.39, 0.29) is 35.1 Å². The molecule has 0 aliphatic carbocycles. The number of benzene rings is 2. The zero-order valence-electron chi connectivity index (χ0n) is 20.4. The Balaban J connectivity index is 1.69. The number of hydrogen-bond donors (Lipinski definition) is 1. The van der Waals surface area contributed by atoms with E-state index in [0.717, 1.165) is 5.56 Å². The third-order valence-electron chi connectivity index (χ3n) is 4.99. The van der Waals surface area contributed by atoms with Gasteiger partial charge in [0, 0.05) is 17.3 Å². The van der Waals surface area contributed by atoms with E-state index in [1.807, 2.05) is 6.92 Å². The van der Waals surface area contributed by atoms with Crippen molar-refractivity contribution in [1.29, 1.82) is 0 Å². The van der Waals surface area contributed by atoms with Crippen molar-refractivity contribution < 1.29 is 28.6 Å². The van der Waals surface area contributed by atoms with Crippen molar-refractivity contribution in [2.45, 2.75) is 25.2 Å². The average Bonchev–Trinajstić information content (AvgIpc) is 3.27. The molecular weight excluding hydrogens is 520 g/mol. The van der Waals surface area contributed by atoms with Gasteiger partial charge in [-0.05, 0) is 48.9 Å². The van der Waals surface area contributed by atoms with Crippen LogP contribution in [0.3, 0.4) is 0 Å². The van der Waals surface area contributed by atoms with Gasteiger partial charge in [-0.25, -0.2) is 9.59 Å². The summed E-state index contributed by atoms with van der Waals surface area (Å²) in [7, 11) is 2.44. The molecule has 0 atom stereocenters. The number of aryl methyl sites for hydroxylation is 1. The number of carbonyl (C=O) groups excluding carboxylic acids is 3. The molecule has 1 aromatic heterocycles. The molecular formula is C25H25ClN4O6S. The Morgan fingerprint density at radius 3 is 2.35 bits per heavy atom. The fraction of sp³-hybridized carbons (Fsp3) is 0.240. The van der Waals surface area contributed by atoms with Crippen LogP contribution in [0.4, 0.5) is 5.69 Å². The highest BCUT2D eigenvalue weighted by Crippen LogP contribution is 2.24. The largest absolute Gasteiger partial charge is 0.485 e. The summed E-state index contributed by atoms with van der Waals surface area (Å²) < 4.78 is 17.1. The van der Waals surface area contributed by atoms with Crippen molar-refractivity contribution >= 4 is 46.9 Å². The minimum atomic E-state index is -0.656. The summed E-state index contributed by atoms with van der Waals surface area (Å²) in [6, 6.07) is 9.49. The number of nitrogens with zero attached hydrogens (tertiary/aromatic N) is 3. The van der Waals surface area contributed by atoms with E-state index in [9.17, 15) is 14.4 Å². The Hall–Kier alpha value is -3.83. The molecule has 10 nitrogen and oxygen atoms in total. The topological polar surface area (TPSA) is 122 Å². The maximum atomic E-state index is 12.7. The highest BCUT2D eigenvalue weighted by molar-refractivity contribution is 7.99. The van der Waals surface area contributed by atoms with Crippen LogP contribution in [0.5, 0.6) is 5.75 Å². The van der Waals surface area contributed by atoms with Gasteiger partial charge in [0.2, 0.25) is 5.91 Å². The van der Waals surface area contributed by atoms with E-state index in [4.69, 9.17) is 25.8 Å². The minimum absolute atomic E-state index is 0.0115. The fourth-order valence-corrected chi connectivity index (χ4v) is 4.25. The molecule has 0 radical (unpaired) electrons. The first-order chi connectivity index (χ1) is 17.7. The van der Waals surface area contributed by atoms with Crippen LogP contribution in [0, 0.1) is 6.92 Å². The third kappa shape index (κ3) is 7.34. The molecule has 0 saturated heterocycles. The predicted octanol–water partition coefficient (Wildman–Crippen LogP) is 4.31. The van der Waals surface area contributed by atoms with Gasteiger partial charge in [-0.15, -0.1) is 16.8 Å². The fourth-order valence-electron chi connectivity index (χ4n) is 3.26. The number of carbonyl (C=O) groups is 3. The van der Waals surface area contributed by atoms with Gasteiger partial charge in [0.05, 0.1) is 31.1 Å². The van der Waals surface area contributed by atoms with Crippen LogP contribution in [0.25, 0.3) is 0 Å². The minimum Gasteiger partial charge on any atom is -0.485 e. The Morgan fingerprint density at radius 1 is 1.08 bits per heavy atom. The molecule has 0 bridgehead atoms. The van der Waals surface area contributed by atoms with Gasteiger partial charge in [-0.1, -0.05) is 29.4 Å². The van der Waals surface area contributed by atoms with E-state index in [0.29, 0.717) is 28.3 Å². The summed E-state index contributed by atoms with van der Waals surface area (Å²) in [5.74, 6) is -0.473. The molecule has 12 heteroatoms. The number of allylic oxidation sites excluding steroid dienone is 1. The van der Waals surface area contributed by atoms with E-state index in [1.165, 1.54) is 44.2 Å². The number of halogens is 1. The number of methoxy groups -OCH3 is 2. The number of rotatable bonds is 11. The zero-order valence-corrected chi connectivity index (χ0v) is 22.0. The smallest absolute Gasteiger partial charge is 0.337 e. The maximum absolute atomic E-state index is 12.7. The van der Waals surface area contributed by atoms with Crippen molar-refractivity contribution in [3.05, 3.63) is 76.6 Å². The van der Waals surface area contributed by atoms with Crippen LogP contribution < -0.4 is 10.1 Å². The number of aromatic nitrogens is 3. The normalized spacial score (nSPS) is 10.5. The number of amides is 1. The number of nitrogens with one attached hydrogen (secondary N) is 1. The summed E-state index contributed by atoms with van der Waals surface area (Å²) in [6.07, 6.45) is 1.69. The second-order valence-corrected chi connectivity index (χ2v) is 8.99. The van der Waals surface area contributed by atoms with Gasteiger partial charge < -0.3 is 19.5 Å². The van der Waals surface area contributed by atoms with Gasteiger partial charge in [0.25, 0.3) is 0 Å². The zero-order chi connectivity index (χ0) is 26.9. The van der Waals surface area contributed by atoms with Crippen LogP contribution >= 0.6 is 23.4 Å². The molecule has 0 saturated carbocycles. The van der Waals surface area contributed by atoms with Crippen molar-refractivity contribution in [2.75, 3.05) is 25.3 Å². The molecule has 1 heterocycles.